The van der Waals surface area contributed by atoms with Crippen molar-refractivity contribution >= 4 is 33.1 Å². The van der Waals surface area contributed by atoms with E-state index in [-0.39, 0.29) is 5.91 Å². The van der Waals surface area contributed by atoms with Crippen LogP contribution in [0.3, 0.4) is 0 Å². The van der Waals surface area contributed by atoms with Crippen LogP contribution in [0.5, 0.6) is 0 Å². The molecule has 0 spiro atoms. The SMILES string of the molecule is CC[NH+]1CCN(C(=O)c2nc3c4c5c(sc4ncn3n2)C[C@@H](C(C)(C)C)CC5)CC1. The number of fused-ring (bicyclic) bond motifs is 5. The number of carbonyl (C=O) groups is 1. The van der Waals surface area contributed by atoms with Gasteiger partial charge in [-0.1, -0.05) is 20.8 Å². The number of aryl methyl sites for hydroxylation is 1. The van der Waals surface area contributed by atoms with E-state index in [9.17, 15) is 4.79 Å². The average Bonchev–Trinajstić information content (AvgIpc) is 3.33. The first-order chi connectivity index (χ1) is 14.3. The van der Waals surface area contributed by atoms with Crippen LogP contribution in [0.15, 0.2) is 6.33 Å². The Hall–Kier alpha value is -2.06. The van der Waals surface area contributed by atoms with Crippen molar-refractivity contribution in [1.29, 1.82) is 0 Å². The third kappa shape index (κ3) is 3.30. The van der Waals surface area contributed by atoms with Gasteiger partial charge in [0.15, 0.2) is 5.65 Å². The maximum atomic E-state index is 13.0. The van der Waals surface area contributed by atoms with Crippen LogP contribution in [0.2, 0.25) is 0 Å². The second-order valence-electron chi connectivity index (χ2n) is 9.83. The number of hydrogen-bond acceptors (Lipinski definition) is 5. The number of quaternary nitrogens is 1. The van der Waals surface area contributed by atoms with Gasteiger partial charge >= 0.3 is 0 Å². The van der Waals surface area contributed by atoms with Gasteiger partial charge in [-0.15, -0.1) is 16.4 Å². The molecule has 0 unspecified atom stereocenters. The molecule has 0 saturated carbocycles. The van der Waals surface area contributed by atoms with Crippen LogP contribution in [0.1, 0.15) is 55.2 Å². The van der Waals surface area contributed by atoms with E-state index in [0.717, 1.165) is 61.4 Å². The lowest BCUT2D eigenvalue weighted by atomic mass is 9.72. The van der Waals surface area contributed by atoms with Gasteiger partial charge < -0.3 is 9.80 Å². The molecule has 0 radical (unpaired) electrons. The molecule has 1 aliphatic heterocycles. The summed E-state index contributed by atoms with van der Waals surface area (Å²) in [5.41, 5.74) is 2.47. The molecule has 1 atom stereocenters. The molecule has 3 aromatic heterocycles. The maximum Gasteiger partial charge on any atom is 0.293 e. The van der Waals surface area contributed by atoms with Gasteiger partial charge in [-0.3, -0.25) is 4.79 Å². The zero-order valence-corrected chi connectivity index (χ0v) is 19.2. The number of hydrogen-bond donors (Lipinski definition) is 1. The number of carbonyl (C=O) groups excluding carboxylic acids is 1. The lowest BCUT2D eigenvalue weighted by Gasteiger charge is -2.33. The second kappa shape index (κ2) is 7.27. The largest absolute Gasteiger partial charge is 0.332 e. The van der Waals surface area contributed by atoms with E-state index in [4.69, 9.17) is 4.98 Å². The van der Waals surface area contributed by atoms with Crippen LogP contribution in [0, 0.1) is 11.3 Å². The Kier molecular flexibility index (Phi) is 4.82. The van der Waals surface area contributed by atoms with E-state index in [1.807, 2.05) is 4.90 Å². The molecule has 1 fully saturated rings. The highest BCUT2D eigenvalue weighted by Gasteiger charge is 2.32. The zero-order chi connectivity index (χ0) is 21.0. The van der Waals surface area contributed by atoms with Gasteiger partial charge in [0.1, 0.15) is 11.2 Å². The molecule has 7 nitrogen and oxygen atoms in total. The fourth-order valence-corrected chi connectivity index (χ4v) is 6.19. The van der Waals surface area contributed by atoms with Crippen molar-refractivity contribution in [3.63, 3.8) is 0 Å². The Bertz CT molecular complexity index is 1100. The molecular formula is C22H31N6OS+. The maximum absolute atomic E-state index is 13.0. The van der Waals surface area contributed by atoms with Crippen LogP contribution in [-0.2, 0) is 12.8 Å². The normalized spacial score (nSPS) is 20.8. The number of nitrogens with zero attached hydrogens (tertiary/aromatic N) is 5. The number of amides is 1. The standard InChI is InChI=1S/C22H30N6OS/c1-5-26-8-10-27(11-9-26)21(29)18-24-19-17-15-7-6-14(22(2,3)4)12-16(15)30-20(17)23-13-28(19)25-18/h13-14H,5-12H2,1-4H3/p+1/t14-/m0/s1. The smallest absolute Gasteiger partial charge is 0.293 e. The van der Waals surface area contributed by atoms with Gasteiger partial charge in [-0.2, -0.15) is 0 Å². The Morgan fingerprint density at radius 1 is 1.30 bits per heavy atom. The van der Waals surface area contributed by atoms with Crippen molar-refractivity contribution in [2.75, 3.05) is 32.7 Å². The van der Waals surface area contributed by atoms with E-state index in [0.29, 0.717) is 17.2 Å². The average molecular weight is 428 g/mol. The van der Waals surface area contributed by atoms with Gasteiger partial charge in [0.25, 0.3) is 5.91 Å². The summed E-state index contributed by atoms with van der Waals surface area (Å²) in [7, 11) is 0. The topological polar surface area (TPSA) is 67.8 Å². The highest BCUT2D eigenvalue weighted by atomic mass is 32.1. The minimum Gasteiger partial charge on any atom is -0.332 e. The van der Waals surface area contributed by atoms with Gasteiger partial charge in [-0.05, 0) is 43.1 Å². The summed E-state index contributed by atoms with van der Waals surface area (Å²) in [5, 5.41) is 5.62. The summed E-state index contributed by atoms with van der Waals surface area (Å²) in [4.78, 5) is 28.3. The summed E-state index contributed by atoms with van der Waals surface area (Å²) in [6, 6.07) is 0. The molecule has 1 amide bonds. The molecular weight excluding hydrogens is 396 g/mol. The fourth-order valence-electron chi connectivity index (χ4n) is 4.93. The summed E-state index contributed by atoms with van der Waals surface area (Å²) in [6.45, 7) is 13.8. The number of aromatic nitrogens is 4. The van der Waals surface area contributed by atoms with Crippen LogP contribution in [-0.4, -0.2) is 63.1 Å². The van der Waals surface area contributed by atoms with E-state index in [1.54, 1.807) is 27.1 Å². The molecule has 3 aromatic rings. The zero-order valence-electron chi connectivity index (χ0n) is 18.4. The van der Waals surface area contributed by atoms with Gasteiger partial charge in [0.2, 0.25) is 5.82 Å². The lowest BCUT2D eigenvalue weighted by molar-refractivity contribution is -0.902. The van der Waals surface area contributed by atoms with Crippen LogP contribution < -0.4 is 4.90 Å². The van der Waals surface area contributed by atoms with Crippen LogP contribution in [0.25, 0.3) is 15.9 Å². The van der Waals surface area contributed by atoms with Crippen LogP contribution >= 0.6 is 11.3 Å². The lowest BCUT2D eigenvalue weighted by Crippen LogP contribution is -3.14. The minimum absolute atomic E-state index is 0.0566. The fraction of sp³-hybridized carbons (Fsp3) is 0.636. The molecule has 1 aliphatic carbocycles. The van der Waals surface area contributed by atoms with Crippen molar-refractivity contribution < 1.29 is 9.69 Å². The van der Waals surface area contributed by atoms with E-state index >= 15 is 0 Å². The third-order valence-corrected chi connectivity index (χ3v) is 8.22. The Morgan fingerprint density at radius 3 is 2.77 bits per heavy atom. The van der Waals surface area contributed by atoms with Gasteiger partial charge in [-0.25, -0.2) is 14.5 Å². The number of nitrogens with one attached hydrogen (secondary N) is 1. The van der Waals surface area contributed by atoms with Crippen LogP contribution in [0.4, 0.5) is 0 Å². The molecule has 30 heavy (non-hydrogen) atoms. The third-order valence-electron chi connectivity index (χ3n) is 7.06. The van der Waals surface area contributed by atoms with Crippen molar-refractivity contribution in [3.8, 4) is 0 Å². The molecule has 160 valence electrons. The Balaban J connectivity index is 1.49. The number of likely N-dealkylation sites (N-methyl/N-ethyl adjacent to an activating group) is 1. The molecule has 0 aromatic carbocycles. The highest BCUT2D eigenvalue weighted by Crippen LogP contribution is 2.43. The number of thiophene rings is 1. The predicted molar refractivity (Wildman–Crippen MR) is 118 cm³/mol. The molecule has 8 heteroatoms. The molecule has 4 heterocycles. The van der Waals surface area contributed by atoms with Crippen molar-refractivity contribution in [2.24, 2.45) is 11.3 Å². The summed E-state index contributed by atoms with van der Waals surface area (Å²) in [5.74, 6) is 0.930. The molecule has 1 N–H and O–H groups in total. The van der Waals surface area contributed by atoms with Crippen molar-refractivity contribution in [3.05, 3.63) is 22.6 Å². The molecule has 5 rings (SSSR count). The summed E-state index contributed by atoms with van der Waals surface area (Å²) >= 11 is 1.79. The Morgan fingerprint density at radius 2 is 2.07 bits per heavy atom. The van der Waals surface area contributed by atoms with Gasteiger partial charge in [0.05, 0.1) is 38.1 Å². The number of rotatable bonds is 2. The van der Waals surface area contributed by atoms with E-state index in [1.165, 1.54) is 16.9 Å². The van der Waals surface area contributed by atoms with Crippen molar-refractivity contribution in [2.45, 2.75) is 47.0 Å². The van der Waals surface area contributed by atoms with Crippen molar-refractivity contribution in [1.82, 2.24) is 24.5 Å². The Labute approximate surface area is 181 Å². The summed E-state index contributed by atoms with van der Waals surface area (Å²) in [6.07, 6.45) is 5.06. The predicted octanol–water partition coefficient (Wildman–Crippen LogP) is 1.85. The second-order valence-corrected chi connectivity index (χ2v) is 10.9. The first-order valence-electron chi connectivity index (χ1n) is 11.1. The molecule has 1 saturated heterocycles. The van der Waals surface area contributed by atoms with Gasteiger partial charge in [0, 0.05) is 4.88 Å². The minimum atomic E-state index is -0.0566. The first-order valence-corrected chi connectivity index (χ1v) is 11.9. The first kappa shape index (κ1) is 19.9. The number of piperazine rings is 1. The molecule has 2 aliphatic rings. The summed E-state index contributed by atoms with van der Waals surface area (Å²) < 4.78 is 1.70. The highest BCUT2D eigenvalue weighted by molar-refractivity contribution is 7.19. The quantitative estimate of drug-likeness (QED) is 0.678. The van der Waals surface area contributed by atoms with E-state index in [2.05, 4.69) is 37.8 Å². The molecule has 0 bridgehead atoms. The monoisotopic (exact) mass is 427 g/mol. The van der Waals surface area contributed by atoms with E-state index < -0.39 is 0 Å².